The number of fused-ring (bicyclic) bond motifs is 1. The molecule has 1 amide bonds. The third-order valence-electron chi connectivity index (χ3n) is 3.81. The van der Waals surface area contributed by atoms with Crippen molar-refractivity contribution in [2.45, 2.75) is 13.1 Å². The van der Waals surface area contributed by atoms with Gasteiger partial charge < -0.3 is 24.5 Å². The highest BCUT2D eigenvalue weighted by molar-refractivity contribution is 5.92. The van der Waals surface area contributed by atoms with E-state index in [-0.39, 0.29) is 18.4 Å². The number of hydrogen-bond donors (Lipinski definition) is 2. The van der Waals surface area contributed by atoms with Crippen LogP contribution in [0.1, 0.15) is 21.8 Å². The van der Waals surface area contributed by atoms with Gasteiger partial charge in [0.15, 0.2) is 11.5 Å². The van der Waals surface area contributed by atoms with Gasteiger partial charge in [0.05, 0.1) is 12.8 Å². The fourth-order valence-corrected chi connectivity index (χ4v) is 2.49. The molecule has 4 rings (SSSR count). The second-order valence-corrected chi connectivity index (χ2v) is 5.59. The summed E-state index contributed by atoms with van der Waals surface area (Å²) in [6.07, 6.45) is 2.95. The molecule has 0 spiro atoms. The molecule has 2 aromatic heterocycles. The Bertz CT molecular complexity index is 911. The zero-order chi connectivity index (χ0) is 17.8. The van der Waals surface area contributed by atoms with Crippen molar-refractivity contribution >= 4 is 11.7 Å². The molecular formula is C18H16N4O4. The van der Waals surface area contributed by atoms with Crippen molar-refractivity contribution in [1.82, 2.24) is 15.3 Å². The first-order valence-electron chi connectivity index (χ1n) is 8.03. The Labute approximate surface area is 149 Å². The van der Waals surface area contributed by atoms with Crippen LogP contribution in [0, 0.1) is 0 Å². The molecule has 2 N–H and O–H groups in total. The molecule has 26 heavy (non-hydrogen) atoms. The van der Waals surface area contributed by atoms with Gasteiger partial charge in [-0.15, -0.1) is 0 Å². The molecule has 0 aliphatic carbocycles. The fourth-order valence-electron chi connectivity index (χ4n) is 2.49. The number of ether oxygens (including phenoxy) is 2. The number of carbonyl (C=O) groups excluding carboxylic acids is 1. The molecule has 0 radical (unpaired) electrons. The third-order valence-corrected chi connectivity index (χ3v) is 3.81. The molecule has 1 aromatic carbocycles. The number of hydrogen-bond acceptors (Lipinski definition) is 7. The summed E-state index contributed by atoms with van der Waals surface area (Å²) in [6.45, 7) is 1.05. The van der Waals surface area contributed by atoms with Crippen LogP contribution in [0.5, 0.6) is 11.5 Å². The van der Waals surface area contributed by atoms with E-state index in [1.54, 1.807) is 12.3 Å². The molecule has 3 aromatic rings. The molecule has 1 aliphatic heterocycles. The molecule has 0 saturated heterocycles. The summed E-state index contributed by atoms with van der Waals surface area (Å²) in [5.41, 5.74) is 1.19. The van der Waals surface area contributed by atoms with E-state index in [2.05, 4.69) is 20.6 Å². The lowest BCUT2D eigenvalue weighted by Crippen LogP contribution is -2.24. The lowest BCUT2D eigenvalue weighted by Gasteiger charge is -2.07. The Hall–Kier alpha value is -3.55. The molecule has 8 nitrogen and oxygen atoms in total. The minimum Gasteiger partial charge on any atom is -0.467 e. The van der Waals surface area contributed by atoms with E-state index < -0.39 is 0 Å². The maximum Gasteiger partial charge on any atom is 0.270 e. The van der Waals surface area contributed by atoms with E-state index in [9.17, 15) is 4.79 Å². The number of nitrogens with zero attached hydrogens (tertiary/aromatic N) is 2. The Kier molecular flexibility index (Phi) is 4.38. The highest BCUT2D eigenvalue weighted by Crippen LogP contribution is 2.32. The molecule has 0 unspecified atom stereocenters. The van der Waals surface area contributed by atoms with Gasteiger partial charge in [0, 0.05) is 12.6 Å². The minimum atomic E-state index is -0.286. The summed E-state index contributed by atoms with van der Waals surface area (Å²) in [5.74, 6) is 2.43. The third kappa shape index (κ3) is 3.59. The number of aromatic nitrogens is 2. The predicted molar refractivity (Wildman–Crippen MR) is 91.8 cm³/mol. The van der Waals surface area contributed by atoms with Crippen LogP contribution < -0.4 is 20.1 Å². The minimum absolute atomic E-state index is 0.222. The van der Waals surface area contributed by atoms with Gasteiger partial charge >= 0.3 is 0 Å². The van der Waals surface area contributed by atoms with E-state index in [0.717, 1.165) is 11.3 Å². The largest absolute Gasteiger partial charge is 0.467 e. The van der Waals surface area contributed by atoms with E-state index in [4.69, 9.17) is 13.9 Å². The number of furan rings is 1. The van der Waals surface area contributed by atoms with Crippen molar-refractivity contribution in [2.75, 3.05) is 12.1 Å². The molecule has 1 aliphatic rings. The first-order valence-corrected chi connectivity index (χ1v) is 8.03. The standard InChI is InChI=1S/C18H16N4O4/c23-18(20-8-12-3-4-15-16(6-12)26-11-25-15)14-7-17(22-10-21-14)19-9-13-2-1-5-24-13/h1-7,10H,8-9,11H2,(H,20,23)(H,19,21,22). The average molecular weight is 352 g/mol. The van der Waals surface area contributed by atoms with Crippen LogP contribution in [0.4, 0.5) is 5.82 Å². The zero-order valence-corrected chi connectivity index (χ0v) is 13.8. The van der Waals surface area contributed by atoms with Crippen LogP contribution >= 0.6 is 0 Å². The van der Waals surface area contributed by atoms with Crippen molar-refractivity contribution in [2.24, 2.45) is 0 Å². The fraction of sp³-hybridized carbons (Fsp3) is 0.167. The molecule has 132 valence electrons. The van der Waals surface area contributed by atoms with Crippen LogP contribution in [0.3, 0.4) is 0 Å². The SMILES string of the molecule is O=C(NCc1ccc2c(c1)OCO2)c1cc(NCc2ccco2)ncn1. The van der Waals surface area contributed by atoms with Crippen molar-refractivity contribution in [3.8, 4) is 11.5 Å². The number of rotatable bonds is 6. The highest BCUT2D eigenvalue weighted by Gasteiger charge is 2.14. The topological polar surface area (TPSA) is 98.5 Å². The number of amides is 1. The number of benzene rings is 1. The van der Waals surface area contributed by atoms with Crippen LogP contribution in [0.25, 0.3) is 0 Å². The molecule has 0 bridgehead atoms. The Morgan fingerprint density at radius 2 is 2.00 bits per heavy atom. The Morgan fingerprint density at radius 1 is 1.08 bits per heavy atom. The van der Waals surface area contributed by atoms with Gasteiger partial charge in [0.25, 0.3) is 5.91 Å². The van der Waals surface area contributed by atoms with Crippen LogP contribution in [0.2, 0.25) is 0 Å². The van der Waals surface area contributed by atoms with Gasteiger partial charge in [-0.05, 0) is 29.8 Å². The van der Waals surface area contributed by atoms with E-state index in [1.165, 1.54) is 6.33 Å². The van der Waals surface area contributed by atoms with E-state index in [1.807, 2.05) is 30.3 Å². The quantitative estimate of drug-likeness (QED) is 0.702. The van der Waals surface area contributed by atoms with Gasteiger partial charge in [-0.2, -0.15) is 0 Å². The van der Waals surface area contributed by atoms with Gasteiger partial charge in [-0.1, -0.05) is 6.07 Å². The monoisotopic (exact) mass is 352 g/mol. The summed E-state index contributed by atoms with van der Waals surface area (Å²) in [6, 6.07) is 10.8. The Balaban J connectivity index is 1.36. The number of nitrogens with one attached hydrogen (secondary N) is 2. The van der Waals surface area contributed by atoms with Crippen LogP contribution in [-0.2, 0) is 13.1 Å². The lowest BCUT2D eigenvalue weighted by atomic mass is 10.2. The average Bonchev–Trinajstić information content (AvgIpc) is 3.35. The normalized spacial score (nSPS) is 12.0. The van der Waals surface area contributed by atoms with Crippen molar-refractivity contribution < 1.29 is 18.7 Å². The second kappa shape index (κ2) is 7.14. The summed E-state index contributed by atoms with van der Waals surface area (Å²) >= 11 is 0. The summed E-state index contributed by atoms with van der Waals surface area (Å²) in [5, 5.41) is 5.92. The molecular weight excluding hydrogens is 336 g/mol. The molecule has 3 heterocycles. The molecule has 8 heteroatoms. The van der Waals surface area contributed by atoms with Gasteiger partial charge in [0.1, 0.15) is 23.6 Å². The second-order valence-electron chi connectivity index (χ2n) is 5.59. The van der Waals surface area contributed by atoms with Crippen LogP contribution in [-0.4, -0.2) is 22.7 Å². The van der Waals surface area contributed by atoms with E-state index >= 15 is 0 Å². The summed E-state index contributed by atoms with van der Waals surface area (Å²) < 4.78 is 15.9. The lowest BCUT2D eigenvalue weighted by molar-refractivity contribution is 0.0945. The summed E-state index contributed by atoms with van der Waals surface area (Å²) in [4.78, 5) is 20.5. The number of carbonyl (C=O) groups is 1. The van der Waals surface area contributed by atoms with Crippen molar-refractivity contribution in [3.05, 3.63) is 66.0 Å². The summed E-state index contributed by atoms with van der Waals surface area (Å²) in [7, 11) is 0. The molecule has 0 saturated carbocycles. The van der Waals surface area contributed by atoms with Crippen LogP contribution in [0.15, 0.2) is 53.4 Å². The van der Waals surface area contributed by atoms with Crippen molar-refractivity contribution in [3.63, 3.8) is 0 Å². The maximum absolute atomic E-state index is 12.3. The predicted octanol–water partition coefficient (Wildman–Crippen LogP) is 2.34. The highest BCUT2D eigenvalue weighted by atomic mass is 16.7. The van der Waals surface area contributed by atoms with E-state index in [0.29, 0.717) is 30.4 Å². The van der Waals surface area contributed by atoms with Gasteiger partial charge in [-0.3, -0.25) is 4.79 Å². The maximum atomic E-state index is 12.3. The van der Waals surface area contributed by atoms with Gasteiger partial charge in [-0.25, -0.2) is 9.97 Å². The zero-order valence-electron chi connectivity index (χ0n) is 13.8. The molecule has 0 fully saturated rings. The first kappa shape index (κ1) is 15.9. The van der Waals surface area contributed by atoms with Crippen molar-refractivity contribution in [1.29, 1.82) is 0 Å². The molecule has 0 atom stereocenters. The Morgan fingerprint density at radius 3 is 2.88 bits per heavy atom. The number of anilines is 1. The first-order chi connectivity index (χ1) is 12.8. The van der Waals surface area contributed by atoms with Gasteiger partial charge in [0.2, 0.25) is 6.79 Å². The smallest absolute Gasteiger partial charge is 0.270 e.